The van der Waals surface area contributed by atoms with Crippen LogP contribution in [0.4, 0.5) is 11.4 Å². The van der Waals surface area contributed by atoms with Gasteiger partial charge in [-0.2, -0.15) is 5.10 Å². The van der Waals surface area contributed by atoms with Gasteiger partial charge in [0.1, 0.15) is 0 Å². The fraction of sp³-hybridized carbons (Fsp3) is 0.308. The van der Waals surface area contributed by atoms with E-state index < -0.39 is 0 Å². The van der Waals surface area contributed by atoms with E-state index in [1.54, 1.807) is 6.20 Å². The van der Waals surface area contributed by atoms with E-state index in [0.717, 1.165) is 43.4 Å². The maximum absolute atomic E-state index is 5.90. The molecular weight excluding hydrogens is 228 g/mol. The molecule has 0 amide bonds. The molecule has 0 atom stereocenters. The predicted octanol–water partition coefficient (Wildman–Crippen LogP) is 1.29. The molecule has 5 heteroatoms. The predicted molar refractivity (Wildman–Crippen MR) is 71.0 cm³/mol. The van der Waals surface area contributed by atoms with Gasteiger partial charge in [-0.25, -0.2) is 4.68 Å². The number of ether oxygens (including phenoxy) is 1. The second-order valence-electron chi connectivity index (χ2n) is 4.30. The molecule has 1 aromatic heterocycles. The second kappa shape index (κ2) is 4.70. The standard InChI is InChI=1S/C13H16N4O/c14-11-2-3-12(17-5-1-4-15-17)13(10-11)16-6-8-18-9-7-16/h1-5,10H,6-9,14H2. The van der Waals surface area contributed by atoms with Gasteiger partial charge in [0.05, 0.1) is 24.6 Å². The molecule has 2 aromatic rings. The first-order chi connectivity index (χ1) is 8.84. The molecule has 18 heavy (non-hydrogen) atoms. The summed E-state index contributed by atoms with van der Waals surface area (Å²) in [6, 6.07) is 7.83. The molecular formula is C13H16N4O. The Morgan fingerprint density at radius 2 is 2.00 bits per heavy atom. The van der Waals surface area contributed by atoms with Crippen LogP contribution in [-0.4, -0.2) is 36.1 Å². The smallest absolute Gasteiger partial charge is 0.0880 e. The van der Waals surface area contributed by atoms with Gasteiger partial charge in [-0.05, 0) is 24.3 Å². The zero-order valence-corrected chi connectivity index (χ0v) is 10.1. The molecule has 0 radical (unpaired) electrons. The van der Waals surface area contributed by atoms with Gasteiger partial charge in [-0.1, -0.05) is 0 Å². The van der Waals surface area contributed by atoms with E-state index in [1.165, 1.54) is 0 Å². The van der Waals surface area contributed by atoms with Crippen molar-refractivity contribution in [2.24, 2.45) is 0 Å². The molecule has 1 aliphatic rings. The quantitative estimate of drug-likeness (QED) is 0.809. The minimum absolute atomic E-state index is 0.757. The summed E-state index contributed by atoms with van der Waals surface area (Å²) in [7, 11) is 0. The van der Waals surface area contributed by atoms with Gasteiger partial charge in [-0.15, -0.1) is 0 Å². The van der Waals surface area contributed by atoms with Crippen LogP contribution in [0.2, 0.25) is 0 Å². The molecule has 1 fully saturated rings. The SMILES string of the molecule is Nc1ccc(-n2cccn2)c(N2CCOCC2)c1. The van der Waals surface area contributed by atoms with Crippen molar-refractivity contribution in [1.82, 2.24) is 9.78 Å². The minimum atomic E-state index is 0.757. The number of aromatic nitrogens is 2. The Kier molecular flexibility index (Phi) is 2.90. The molecule has 0 unspecified atom stereocenters. The van der Waals surface area contributed by atoms with Crippen molar-refractivity contribution in [2.75, 3.05) is 36.9 Å². The zero-order valence-electron chi connectivity index (χ0n) is 10.1. The summed E-state index contributed by atoms with van der Waals surface area (Å²) in [5.74, 6) is 0. The van der Waals surface area contributed by atoms with Crippen molar-refractivity contribution in [3.63, 3.8) is 0 Å². The fourth-order valence-corrected chi connectivity index (χ4v) is 2.20. The Bertz CT molecular complexity index is 518. The molecule has 0 aliphatic carbocycles. The molecule has 5 nitrogen and oxygen atoms in total. The van der Waals surface area contributed by atoms with Gasteiger partial charge in [0.2, 0.25) is 0 Å². The Balaban J connectivity index is 2.03. The number of nitrogens with zero attached hydrogens (tertiary/aromatic N) is 3. The van der Waals surface area contributed by atoms with Crippen molar-refractivity contribution < 1.29 is 4.74 Å². The third kappa shape index (κ3) is 2.04. The normalized spacial score (nSPS) is 15.9. The summed E-state index contributed by atoms with van der Waals surface area (Å²) in [5, 5.41) is 4.29. The number of morpholine rings is 1. The number of benzene rings is 1. The van der Waals surface area contributed by atoms with E-state index in [9.17, 15) is 0 Å². The molecule has 3 rings (SSSR count). The third-order valence-corrected chi connectivity index (χ3v) is 3.10. The van der Waals surface area contributed by atoms with Crippen molar-refractivity contribution in [1.29, 1.82) is 0 Å². The van der Waals surface area contributed by atoms with Gasteiger partial charge >= 0.3 is 0 Å². The van der Waals surface area contributed by atoms with Crippen LogP contribution in [0.1, 0.15) is 0 Å². The maximum Gasteiger partial charge on any atom is 0.0880 e. The topological polar surface area (TPSA) is 56.3 Å². The largest absolute Gasteiger partial charge is 0.399 e. The molecule has 2 heterocycles. The minimum Gasteiger partial charge on any atom is -0.399 e. The summed E-state index contributed by atoms with van der Waals surface area (Å²) in [4.78, 5) is 2.29. The summed E-state index contributed by atoms with van der Waals surface area (Å²) in [6.45, 7) is 3.29. The monoisotopic (exact) mass is 244 g/mol. The van der Waals surface area contributed by atoms with E-state index in [0.29, 0.717) is 0 Å². The van der Waals surface area contributed by atoms with Crippen LogP contribution in [0.25, 0.3) is 5.69 Å². The van der Waals surface area contributed by atoms with Crippen molar-refractivity contribution in [2.45, 2.75) is 0 Å². The van der Waals surface area contributed by atoms with Crippen LogP contribution >= 0.6 is 0 Å². The number of nitrogens with two attached hydrogens (primary N) is 1. The lowest BCUT2D eigenvalue weighted by Crippen LogP contribution is -2.36. The average molecular weight is 244 g/mol. The second-order valence-corrected chi connectivity index (χ2v) is 4.30. The summed E-state index contributed by atoms with van der Waals surface area (Å²) >= 11 is 0. The summed E-state index contributed by atoms with van der Waals surface area (Å²) < 4.78 is 7.25. The fourth-order valence-electron chi connectivity index (χ4n) is 2.20. The van der Waals surface area contributed by atoms with Crippen molar-refractivity contribution in [3.8, 4) is 5.69 Å². The van der Waals surface area contributed by atoms with Gasteiger partial charge in [0.25, 0.3) is 0 Å². The van der Waals surface area contributed by atoms with Gasteiger partial charge in [-0.3, -0.25) is 0 Å². The van der Waals surface area contributed by atoms with Crippen LogP contribution in [0.15, 0.2) is 36.7 Å². The lowest BCUT2D eigenvalue weighted by molar-refractivity contribution is 0.122. The highest BCUT2D eigenvalue weighted by molar-refractivity contribution is 5.68. The Labute approximate surface area is 106 Å². The highest BCUT2D eigenvalue weighted by Gasteiger charge is 2.16. The van der Waals surface area contributed by atoms with Crippen molar-refractivity contribution in [3.05, 3.63) is 36.7 Å². The van der Waals surface area contributed by atoms with E-state index in [2.05, 4.69) is 10.00 Å². The molecule has 1 saturated heterocycles. The molecule has 0 saturated carbocycles. The van der Waals surface area contributed by atoms with E-state index in [4.69, 9.17) is 10.5 Å². The lowest BCUT2D eigenvalue weighted by atomic mass is 10.2. The van der Waals surface area contributed by atoms with Crippen molar-refractivity contribution >= 4 is 11.4 Å². The van der Waals surface area contributed by atoms with Crippen LogP contribution in [-0.2, 0) is 4.74 Å². The molecule has 0 spiro atoms. The van der Waals surface area contributed by atoms with E-state index >= 15 is 0 Å². The van der Waals surface area contributed by atoms with E-state index in [1.807, 2.05) is 35.1 Å². The van der Waals surface area contributed by atoms with Crippen LogP contribution in [0, 0.1) is 0 Å². The summed E-state index contributed by atoms with van der Waals surface area (Å²) in [6.07, 6.45) is 3.72. The Morgan fingerprint density at radius 3 is 2.72 bits per heavy atom. The maximum atomic E-state index is 5.90. The Hall–Kier alpha value is -2.01. The first kappa shape index (κ1) is 11.1. The zero-order chi connectivity index (χ0) is 12.4. The van der Waals surface area contributed by atoms with Crippen LogP contribution < -0.4 is 10.6 Å². The molecule has 1 aliphatic heterocycles. The first-order valence-corrected chi connectivity index (χ1v) is 6.07. The number of hydrogen-bond acceptors (Lipinski definition) is 4. The highest BCUT2D eigenvalue weighted by Crippen LogP contribution is 2.27. The van der Waals surface area contributed by atoms with Gasteiger partial charge in [0.15, 0.2) is 0 Å². The number of anilines is 2. The van der Waals surface area contributed by atoms with Gasteiger partial charge in [0, 0.05) is 31.2 Å². The third-order valence-electron chi connectivity index (χ3n) is 3.10. The molecule has 2 N–H and O–H groups in total. The van der Waals surface area contributed by atoms with Crippen LogP contribution in [0.3, 0.4) is 0 Å². The lowest BCUT2D eigenvalue weighted by Gasteiger charge is -2.30. The molecule has 94 valence electrons. The highest BCUT2D eigenvalue weighted by atomic mass is 16.5. The molecule has 0 bridgehead atoms. The number of hydrogen-bond donors (Lipinski definition) is 1. The van der Waals surface area contributed by atoms with E-state index in [-0.39, 0.29) is 0 Å². The first-order valence-electron chi connectivity index (χ1n) is 6.07. The van der Waals surface area contributed by atoms with Crippen LogP contribution in [0.5, 0.6) is 0 Å². The average Bonchev–Trinajstić information content (AvgIpc) is 2.93. The summed E-state index contributed by atoms with van der Waals surface area (Å²) in [5.41, 5.74) is 8.84. The Morgan fingerprint density at radius 1 is 1.17 bits per heavy atom. The number of rotatable bonds is 2. The van der Waals surface area contributed by atoms with Gasteiger partial charge < -0.3 is 15.4 Å². The number of nitrogen functional groups attached to an aromatic ring is 1. The molecule has 1 aromatic carbocycles.